The van der Waals surface area contributed by atoms with Gasteiger partial charge in [-0.05, 0) is 19.9 Å². The molecule has 0 aromatic rings. The SMILES string of the molecule is CC=CC(=O)N(CCOC)C(C)COC. The van der Waals surface area contributed by atoms with E-state index in [4.69, 9.17) is 9.47 Å². The number of amides is 1. The third kappa shape index (κ3) is 5.54. The summed E-state index contributed by atoms with van der Waals surface area (Å²) in [5, 5.41) is 0. The molecule has 0 bridgehead atoms. The lowest BCUT2D eigenvalue weighted by Gasteiger charge is -2.27. The molecule has 15 heavy (non-hydrogen) atoms. The molecule has 0 radical (unpaired) electrons. The molecular weight excluding hydrogens is 194 g/mol. The maximum absolute atomic E-state index is 11.7. The van der Waals surface area contributed by atoms with Crippen LogP contribution in [0.15, 0.2) is 12.2 Å². The Bertz CT molecular complexity index is 204. The molecular formula is C11H21NO3. The number of rotatable bonds is 7. The average Bonchev–Trinajstić information content (AvgIpc) is 2.19. The van der Waals surface area contributed by atoms with Gasteiger partial charge in [-0.25, -0.2) is 0 Å². The van der Waals surface area contributed by atoms with Crippen molar-refractivity contribution < 1.29 is 14.3 Å². The van der Waals surface area contributed by atoms with E-state index in [1.54, 1.807) is 31.3 Å². The van der Waals surface area contributed by atoms with E-state index in [0.717, 1.165) is 0 Å². The van der Waals surface area contributed by atoms with Gasteiger partial charge >= 0.3 is 0 Å². The van der Waals surface area contributed by atoms with E-state index >= 15 is 0 Å². The lowest BCUT2D eigenvalue weighted by molar-refractivity contribution is -0.129. The second-order valence-electron chi connectivity index (χ2n) is 3.33. The first-order valence-electron chi connectivity index (χ1n) is 5.08. The zero-order chi connectivity index (χ0) is 11.7. The van der Waals surface area contributed by atoms with Crippen LogP contribution >= 0.6 is 0 Å². The van der Waals surface area contributed by atoms with Crippen molar-refractivity contribution in [3.63, 3.8) is 0 Å². The highest BCUT2D eigenvalue weighted by Gasteiger charge is 2.17. The van der Waals surface area contributed by atoms with Crippen LogP contribution in [0, 0.1) is 0 Å². The molecule has 4 nitrogen and oxygen atoms in total. The first-order valence-corrected chi connectivity index (χ1v) is 5.08. The highest BCUT2D eigenvalue weighted by Crippen LogP contribution is 2.01. The van der Waals surface area contributed by atoms with E-state index in [1.165, 1.54) is 0 Å². The van der Waals surface area contributed by atoms with Crippen molar-refractivity contribution >= 4 is 5.91 Å². The molecule has 0 aliphatic heterocycles. The van der Waals surface area contributed by atoms with Gasteiger partial charge in [-0.3, -0.25) is 4.79 Å². The maximum atomic E-state index is 11.7. The molecule has 88 valence electrons. The van der Waals surface area contributed by atoms with E-state index < -0.39 is 0 Å². The number of carbonyl (C=O) groups excluding carboxylic acids is 1. The van der Waals surface area contributed by atoms with E-state index in [-0.39, 0.29) is 11.9 Å². The Balaban J connectivity index is 4.34. The Morgan fingerprint density at radius 2 is 2.07 bits per heavy atom. The van der Waals surface area contributed by atoms with Crippen LogP contribution in [0.5, 0.6) is 0 Å². The zero-order valence-electron chi connectivity index (χ0n) is 10.0. The minimum absolute atomic E-state index is 0.000833. The van der Waals surface area contributed by atoms with E-state index in [0.29, 0.717) is 19.8 Å². The smallest absolute Gasteiger partial charge is 0.246 e. The number of hydrogen-bond donors (Lipinski definition) is 0. The molecule has 0 saturated carbocycles. The van der Waals surface area contributed by atoms with Crippen molar-refractivity contribution in [2.24, 2.45) is 0 Å². The quantitative estimate of drug-likeness (QED) is 0.596. The summed E-state index contributed by atoms with van der Waals surface area (Å²) in [6, 6.07) is 0.0637. The van der Waals surface area contributed by atoms with Gasteiger partial charge in [0.25, 0.3) is 0 Å². The Kier molecular flexibility index (Phi) is 7.95. The van der Waals surface area contributed by atoms with Gasteiger partial charge in [0, 0.05) is 20.8 Å². The van der Waals surface area contributed by atoms with Gasteiger partial charge in [0.05, 0.1) is 19.3 Å². The average molecular weight is 215 g/mol. The third-order valence-electron chi connectivity index (χ3n) is 2.07. The summed E-state index contributed by atoms with van der Waals surface area (Å²) >= 11 is 0. The molecule has 0 fully saturated rings. The maximum Gasteiger partial charge on any atom is 0.246 e. The minimum atomic E-state index is -0.000833. The summed E-state index contributed by atoms with van der Waals surface area (Å²) in [5.41, 5.74) is 0. The lowest BCUT2D eigenvalue weighted by atomic mass is 10.3. The van der Waals surface area contributed by atoms with Gasteiger partial charge in [0.15, 0.2) is 0 Å². The number of nitrogens with zero attached hydrogens (tertiary/aromatic N) is 1. The number of hydrogen-bond acceptors (Lipinski definition) is 3. The molecule has 1 amide bonds. The molecule has 4 heteroatoms. The van der Waals surface area contributed by atoms with Crippen LogP contribution in [0.4, 0.5) is 0 Å². The van der Waals surface area contributed by atoms with Crippen molar-refractivity contribution in [1.29, 1.82) is 0 Å². The molecule has 0 spiro atoms. The van der Waals surface area contributed by atoms with Crippen LogP contribution in [0.1, 0.15) is 13.8 Å². The van der Waals surface area contributed by atoms with E-state index in [2.05, 4.69) is 0 Å². The van der Waals surface area contributed by atoms with Crippen LogP contribution in [0.2, 0.25) is 0 Å². The van der Waals surface area contributed by atoms with Gasteiger partial charge in [-0.2, -0.15) is 0 Å². The standard InChI is InChI=1S/C11H21NO3/c1-5-6-11(13)12(7-8-14-3)10(2)9-15-4/h5-6,10H,7-9H2,1-4H3. The van der Waals surface area contributed by atoms with Crippen LogP contribution in [-0.4, -0.2) is 50.8 Å². The summed E-state index contributed by atoms with van der Waals surface area (Å²) in [7, 11) is 3.25. The fourth-order valence-electron chi connectivity index (χ4n) is 1.31. The lowest BCUT2D eigenvalue weighted by Crippen LogP contribution is -2.42. The van der Waals surface area contributed by atoms with Crippen LogP contribution in [0.25, 0.3) is 0 Å². The fourth-order valence-corrected chi connectivity index (χ4v) is 1.31. The predicted octanol–water partition coefficient (Wildman–Crippen LogP) is 1.07. The van der Waals surface area contributed by atoms with Crippen LogP contribution < -0.4 is 0 Å². The van der Waals surface area contributed by atoms with Crippen LogP contribution in [0.3, 0.4) is 0 Å². The van der Waals surface area contributed by atoms with Crippen molar-refractivity contribution in [3.8, 4) is 0 Å². The molecule has 0 heterocycles. The summed E-state index contributed by atoms with van der Waals surface area (Å²) < 4.78 is 10.0. The molecule has 0 rings (SSSR count). The van der Waals surface area contributed by atoms with E-state index in [9.17, 15) is 4.79 Å². The van der Waals surface area contributed by atoms with Crippen molar-refractivity contribution in [3.05, 3.63) is 12.2 Å². The van der Waals surface area contributed by atoms with Crippen molar-refractivity contribution in [1.82, 2.24) is 4.90 Å². The molecule has 1 unspecified atom stereocenters. The Morgan fingerprint density at radius 3 is 2.53 bits per heavy atom. The minimum Gasteiger partial charge on any atom is -0.383 e. The number of methoxy groups -OCH3 is 2. The van der Waals surface area contributed by atoms with Gasteiger partial charge in [0.1, 0.15) is 0 Å². The molecule has 0 N–H and O–H groups in total. The Labute approximate surface area is 91.8 Å². The van der Waals surface area contributed by atoms with E-state index in [1.807, 2.05) is 13.8 Å². The van der Waals surface area contributed by atoms with Gasteiger partial charge in [-0.1, -0.05) is 6.08 Å². The second-order valence-corrected chi connectivity index (χ2v) is 3.33. The summed E-state index contributed by atoms with van der Waals surface area (Å²) in [6.07, 6.45) is 3.30. The fraction of sp³-hybridized carbons (Fsp3) is 0.727. The molecule has 0 aliphatic carbocycles. The monoisotopic (exact) mass is 215 g/mol. The molecule has 0 aromatic heterocycles. The largest absolute Gasteiger partial charge is 0.383 e. The third-order valence-corrected chi connectivity index (χ3v) is 2.07. The van der Waals surface area contributed by atoms with Crippen LogP contribution in [-0.2, 0) is 14.3 Å². The predicted molar refractivity (Wildman–Crippen MR) is 59.7 cm³/mol. The Hall–Kier alpha value is -0.870. The highest BCUT2D eigenvalue weighted by molar-refractivity contribution is 5.87. The number of allylic oxidation sites excluding steroid dienone is 1. The molecule has 0 aliphatic rings. The summed E-state index contributed by atoms with van der Waals surface area (Å²) in [4.78, 5) is 13.4. The molecule has 0 aromatic carbocycles. The van der Waals surface area contributed by atoms with Crippen molar-refractivity contribution in [2.45, 2.75) is 19.9 Å². The first kappa shape index (κ1) is 14.1. The topological polar surface area (TPSA) is 38.8 Å². The highest BCUT2D eigenvalue weighted by atomic mass is 16.5. The second kappa shape index (κ2) is 8.44. The summed E-state index contributed by atoms with van der Waals surface area (Å²) in [5.74, 6) is -0.000833. The number of ether oxygens (including phenoxy) is 2. The number of carbonyl (C=O) groups is 1. The van der Waals surface area contributed by atoms with Gasteiger partial charge in [-0.15, -0.1) is 0 Å². The first-order chi connectivity index (χ1) is 7.17. The van der Waals surface area contributed by atoms with Crippen molar-refractivity contribution in [2.75, 3.05) is 34.0 Å². The molecule has 0 saturated heterocycles. The van der Waals surface area contributed by atoms with Gasteiger partial charge < -0.3 is 14.4 Å². The summed E-state index contributed by atoms with van der Waals surface area (Å²) in [6.45, 7) is 5.45. The Morgan fingerprint density at radius 1 is 1.40 bits per heavy atom. The van der Waals surface area contributed by atoms with Gasteiger partial charge in [0.2, 0.25) is 5.91 Å². The molecule has 1 atom stereocenters. The zero-order valence-corrected chi connectivity index (χ0v) is 10.0. The normalized spacial score (nSPS) is 13.1.